The largest absolute Gasteiger partial charge is 0.405 e. The zero-order valence-corrected chi connectivity index (χ0v) is 29.8. The molecule has 0 spiro atoms. The molecule has 260 valence electrons. The molecule has 5 heteroatoms. The molecule has 2 heterocycles. The van der Waals surface area contributed by atoms with Crippen LogP contribution in [0.4, 0.5) is 0 Å². The van der Waals surface area contributed by atoms with E-state index in [2.05, 4.69) is 126 Å². The van der Waals surface area contributed by atoms with Crippen molar-refractivity contribution in [3.05, 3.63) is 205 Å². The number of fused-ring (bicyclic) bond motifs is 5. The fourth-order valence-electron chi connectivity index (χ4n) is 6.75. The summed E-state index contributed by atoms with van der Waals surface area (Å²) in [7, 11) is 0. The lowest BCUT2D eigenvalue weighted by atomic mass is 9.99. The van der Waals surface area contributed by atoms with E-state index in [0.717, 1.165) is 73.9 Å². The second-order valence-electron chi connectivity index (χ2n) is 12.8. The number of allylic oxidation sites excluding steroid dienone is 18. The van der Waals surface area contributed by atoms with Crippen LogP contribution in [0.15, 0.2) is 194 Å². The number of hydrogen-bond donors (Lipinski definition) is 4. The smallest absolute Gasteiger partial charge is 0.0702 e. The summed E-state index contributed by atoms with van der Waals surface area (Å²) in [5.74, 6) is 0. The number of benzene rings is 3. The third-order valence-electron chi connectivity index (χ3n) is 9.42. The summed E-state index contributed by atoms with van der Waals surface area (Å²) >= 11 is 0. The van der Waals surface area contributed by atoms with Crippen molar-refractivity contribution in [3.63, 3.8) is 0 Å². The summed E-state index contributed by atoms with van der Waals surface area (Å²) in [6.07, 6.45) is 38.0. The SMILES string of the molecule is C=C/C(=C\CN)C1=CC=CC(c2ccc3c4ccc5cc(/C(N)=C/C=C\CC(/C=C\N)=C/C)ccc5c4n(/C4=C/C=C\C(=C)/C=C\C=C/C4)c3c2)N1. The molecule has 0 bridgehead atoms. The van der Waals surface area contributed by atoms with Gasteiger partial charge in [-0.25, -0.2) is 0 Å². The Morgan fingerprint density at radius 1 is 0.981 bits per heavy atom. The van der Waals surface area contributed by atoms with Gasteiger partial charge in [0.1, 0.15) is 0 Å². The van der Waals surface area contributed by atoms with Crippen LogP contribution in [-0.4, -0.2) is 11.1 Å². The first-order valence-electron chi connectivity index (χ1n) is 17.7. The minimum atomic E-state index is -0.0203. The number of rotatable bonds is 10. The highest BCUT2D eigenvalue weighted by Crippen LogP contribution is 2.39. The molecule has 0 fully saturated rings. The van der Waals surface area contributed by atoms with Crippen LogP contribution in [0.3, 0.4) is 0 Å². The van der Waals surface area contributed by atoms with Crippen LogP contribution >= 0.6 is 0 Å². The van der Waals surface area contributed by atoms with E-state index in [-0.39, 0.29) is 6.04 Å². The number of aromatic nitrogens is 1. The first-order chi connectivity index (χ1) is 25.4. The van der Waals surface area contributed by atoms with Crippen molar-refractivity contribution in [3.8, 4) is 0 Å². The van der Waals surface area contributed by atoms with E-state index in [1.807, 2.05) is 55.5 Å². The van der Waals surface area contributed by atoms with Crippen molar-refractivity contribution in [2.75, 3.05) is 6.54 Å². The van der Waals surface area contributed by atoms with Crippen LogP contribution in [0.25, 0.3) is 44.0 Å². The lowest BCUT2D eigenvalue weighted by Crippen LogP contribution is -2.22. The Labute approximate surface area is 307 Å². The Balaban J connectivity index is 1.49. The van der Waals surface area contributed by atoms with Gasteiger partial charge >= 0.3 is 0 Å². The molecule has 3 aromatic carbocycles. The van der Waals surface area contributed by atoms with Gasteiger partial charge in [0.15, 0.2) is 0 Å². The van der Waals surface area contributed by atoms with E-state index in [9.17, 15) is 0 Å². The lowest BCUT2D eigenvalue weighted by Gasteiger charge is -2.23. The van der Waals surface area contributed by atoms with Crippen molar-refractivity contribution < 1.29 is 0 Å². The molecule has 1 atom stereocenters. The zero-order chi connectivity index (χ0) is 36.5. The maximum Gasteiger partial charge on any atom is 0.0702 e. The molecule has 52 heavy (non-hydrogen) atoms. The molecule has 1 aliphatic heterocycles. The van der Waals surface area contributed by atoms with Crippen molar-refractivity contribution in [1.29, 1.82) is 0 Å². The fraction of sp³-hybridized carbons (Fsp3) is 0.106. The molecule has 6 rings (SSSR count). The van der Waals surface area contributed by atoms with E-state index in [4.69, 9.17) is 17.2 Å². The molecule has 5 nitrogen and oxygen atoms in total. The average Bonchev–Trinajstić information content (AvgIpc) is 3.51. The van der Waals surface area contributed by atoms with E-state index in [1.54, 1.807) is 6.20 Å². The van der Waals surface area contributed by atoms with Crippen LogP contribution in [0, 0.1) is 0 Å². The molecule has 0 amide bonds. The summed E-state index contributed by atoms with van der Waals surface area (Å²) in [5, 5.41) is 8.38. The van der Waals surface area contributed by atoms with Crippen LogP contribution in [0.2, 0.25) is 0 Å². The molecular weight excluding hydrogens is 635 g/mol. The summed E-state index contributed by atoms with van der Waals surface area (Å²) in [5.41, 5.74) is 28.5. The summed E-state index contributed by atoms with van der Waals surface area (Å²) in [4.78, 5) is 0. The minimum absolute atomic E-state index is 0.0203. The van der Waals surface area contributed by atoms with E-state index >= 15 is 0 Å². The number of nitrogens with zero attached hydrogens (tertiary/aromatic N) is 1. The predicted octanol–water partition coefficient (Wildman–Crippen LogP) is 10.2. The van der Waals surface area contributed by atoms with Gasteiger partial charge in [0.2, 0.25) is 0 Å². The van der Waals surface area contributed by atoms with Crippen molar-refractivity contribution in [2.24, 2.45) is 17.2 Å². The average molecular weight is 682 g/mol. The summed E-state index contributed by atoms with van der Waals surface area (Å²) in [6.45, 7) is 10.6. The molecule has 0 saturated heterocycles. The van der Waals surface area contributed by atoms with Crippen LogP contribution in [0.5, 0.6) is 0 Å². The fourth-order valence-corrected chi connectivity index (χ4v) is 6.75. The second-order valence-corrected chi connectivity index (χ2v) is 12.8. The summed E-state index contributed by atoms with van der Waals surface area (Å²) in [6, 6.07) is 17.7. The third kappa shape index (κ3) is 7.70. The number of nitrogens with two attached hydrogens (primary N) is 3. The Morgan fingerprint density at radius 3 is 2.62 bits per heavy atom. The highest BCUT2D eigenvalue weighted by atomic mass is 15.0. The molecule has 2 aliphatic rings. The molecule has 0 radical (unpaired) electrons. The normalized spacial score (nSPS) is 20.3. The van der Waals surface area contributed by atoms with Gasteiger partial charge in [0.05, 0.1) is 17.1 Å². The standard InChI is InChI=1S/C47H47N5/c1-4-34(27-29-48)15-9-10-18-43(50)37-22-24-40-36(31-37)21-26-42-41-25-23-38(45-20-12-19-44(51-45)35(5-2)28-30-49)32-46(41)52(47(40)42)39-16-8-6-7-13-33(3)14-11-17-39/h4-14,17-29,31-32,45,51H,2-3,15-16,30,48-50H2,1H3/b8-6-,10-9-,13-7-,14-11-,29-27-,34-4-,35-28+,39-17+,43-18-. The van der Waals surface area contributed by atoms with E-state index < -0.39 is 0 Å². The first kappa shape index (κ1) is 35.5. The third-order valence-corrected chi connectivity index (χ3v) is 9.42. The minimum Gasteiger partial charge on any atom is -0.405 e. The second kappa shape index (κ2) is 16.6. The van der Waals surface area contributed by atoms with Crippen LogP contribution in [-0.2, 0) is 0 Å². The number of dihydropyridines is 1. The van der Waals surface area contributed by atoms with Crippen molar-refractivity contribution >= 4 is 44.0 Å². The van der Waals surface area contributed by atoms with E-state index in [1.165, 1.54) is 10.8 Å². The Morgan fingerprint density at radius 2 is 1.81 bits per heavy atom. The molecule has 1 unspecified atom stereocenters. The molecule has 4 aromatic rings. The quantitative estimate of drug-likeness (QED) is 0.125. The van der Waals surface area contributed by atoms with Gasteiger partial charge in [-0.05, 0) is 89.2 Å². The Kier molecular flexibility index (Phi) is 11.3. The lowest BCUT2D eigenvalue weighted by molar-refractivity contribution is 0.714. The van der Waals surface area contributed by atoms with Gasteiger partial charge in [0.25, 0.3) is 0 Å². The van der Waals surface area contributed by atoms with Gasteiger partial charge in [-0.2, -0.15) is 0 Å². The Hall–Kier alpha value is -6.30. The van der Waals surface area contributed by atoms with Gasteiger partial charge in [-0.3, -0.25) is 0 Å². The maximum absolute atomic E-state index is 6.62. The van der Waals surface area contributed by atoms with Gasteiger partial charge in [-0.1, -0.05) is 129 Å². The predicted molar refractivity (Wildman–Crippen MR) is 226 cm³/mol. The van der Waals surface area contributed by atoms with Gasteiger partial charge < -0.3 is 27.1 Å². The molecular formula is C47H47N5. The topological polar surface area (TPSA) is 95.0 Å². The molecule has 0 saturated carbocycles. The molecule has 1 aliphatic carbocycles. The monoisotopic (exact) mass is 681 g/mol. The van der Waals surface area contributed by atoms with Crippen LogP contribution in [0.1, 0.15) is 36.9 Å². The van der Waals surface area contributed by atoms with E-state index in [0.29, 0.717) is 12.2 Å². The molecule has 1 aromatic heterocycles. The van der Waals surface area contributed by atoms with Crippen molar-refractivity contribution in [2.45, 2.75) is 25.8 Å². The highest BCUT2D eigenvalue weighted by Gasteiger charge is 2.20. The zero-order valence-electron chi connectivity index (χ0n) is 29.8. The summed E-state index contributed by atoms with van der Waals surface area (Å²) < 4.78 is 2.43. The highest BCUT2D eigenvalue weighted by molar-refractivity contribution is 6.19. The van der Waals surface area contributed by atoms with Gasteiger partial charge in [-0.15, -0.1) is 0 Å². The molecule has 7 N–H and O–H groups in total. The maximum atomic E-state index is 6.62. The first-order valence-corrected chi connectivity index (χ1v) is 17.7. The van der Waals surface area contributed by atoms with Crippen molar-refractivity contribution in [1.82, 2.24) is 9.88 Å². The van der Waals surface area contributed by atoms with Gasteiger partial charge in [0, 0.05) is 46.2 Å². The Bertz CT molecular complexity index is 2370. The number of hydrogen-bond acceptors (Lipinski definition) is 4. The number of nitrogens with one attached hydrogen (secondary N) is 1. The van der Waals surface area contributed by atoms with Crippen LogP contribution < -0.4 is 22.5 Å².